The molecular formula is C26H37N3O6S. The smallest absolute Gasteiger partial charge is 0.311 e. The lowest BCUT2D eigenvalue weighted by molar-refractivity contribution is -0.151. The van der Waals surface area contributed by atoms with Gasteiger partial charge in [0.15, 0.2) is 0 Å². The molecule has 0 bridgehead atoms. The van der Waals surface area contributed by atoms with E-state index in [1.807, 2.05) is 23.1 Å². The first-order valence-corrected chi connectivity index (χ1v) is 14.1. The Morgan fingerprint density at radius 3 is 2.61 bits per heavy atom. The monoisotopic (exact) mass is 519 g/mol. The highest BCUT2D eigenvalue weighted by molar-refractivity contribution is 8.02. The number of cyclic esters (lactones) is 1. The van der Waals surface area contributed by atoms with Gasteiger partial charge in [0, 0.05) is 51.1 Å². The zero-order valence-corrected chi connectivity index (χ0v) is 21.6. The van der Waals surface area contributed by atoms with Gasteiger partial charge in [-0.3, -0.25) is 19.3 Å². The fraction of sp³-hybridized carbons (Fsp3) is 0.731. The molecule has 36 heavy (non-hydrogen) atoms. The first-order chi connectivity index (χ1) is 17.6. The van der Waals surface area contributed by atoms with Crippen molar-refractivity contribution in [2.45, 2.75) is 41.7 Å². The summed E-state index contributed by atoms with van der Waals surface area (Å²) >= 11 is 1.59. The Morgan fingerprint density at radius 1 is 1.00 bits per heavy atom. The van der Waals surface area contributed by atoms with Crippen molar-refractivity contribution in [2.75, 3.05) is 65.7 Å². The Kier molecular flexibility index (Phi) is 8.05. The van der Waals surface area contributed by atoms with Crippen molar-refractivity contribution in [1.82, 2.24) is 14.7 Å². The largest absolute Gasteiger partial charge is 0.461 e. The summed E-state index contributed by atoms with van der Waals surface area (Å²) in [5.41, 5.74) is 0. The number of amides is 2. The van der Waals surface area contributed by atoms with E-state index >= 15 is 0 Å². The van der Waals surface area contributed by atoms with Crippen molar-refractivity contribution >= 4 is 29.5 Å². The van der Waals surface area contributed by atoms with E-state index in [2.05, 4.69) is 11.0 Å². The summed E-state index contributed by atoms with van der Waals surface area (Å²) in [5, 5.41) is 8.91. The number of carbonyl (C=O) groups excluding carboxylic acids is 3. The SMILES string of the molecule is O=C1OCC=C[C@H]2S[C@]34C=CCN(CCN5CCOCC5)C(=O)C3N(CCCCCCO)C(=O)[C@@H]4[C@@H]12. The Bertz CT molecular complexity index is 906. The van der Waals surface area contributed by atoms with E-state index in [1.165, 1.54) is 0 Å². The van der Waals surface area contributed by atoms with Crippen molar-refractivity contribution in [2.24, 2.45) is 11.8 Å². The van der Waals surface area contributed by atoms with Crippen LogP contribution in [0.3, 0.4) is 0 Å². The van der Waals surface area contributed by atoms with Gasteiger partial charge in [-0.05, 0) is 12.8 Å². The summed E-state index contributed by atoms with van der Waals surface area (Å²) in [6.07, 6.45) is 11.2. The van der Waals surface area contributed by atoms with Crippen LogP contribution >= 0.6 is 11.8 Å². The van der Waals surface area contributed by atoms with Gasteiger partial charge in [-0.1, -0.05) is 37.1 Å². The average molecular weight is 520 g/mol. The second-order valence-electron chi connectivity index (χ2n) is 10.2. The molecule has 3 fully saturated rings. The van der Waals surface area contributed by atoms with Gasteiger partial charge in [0.25, 0.3) is 0 Å². The molecule has 198 valence electrons. The van der Waals surface area contributed by atoms with Crippen molar-refractivity contribution in [3.8, 4) is 0 Å². The highest BCUT2D eigenvalue weighted by atomic mass is 32.2. The number of fused-ring (bicyclic) bond motifs is 2. The van der Waals surface area contributed by atoms with Gasteiger partial charge in [-0.15, -0.1) is 11.8 Å². The molecule has 1 unspecified atom stereocenters. The number of aliphatic hydroxyl groups is 1. The third-order valence-electron chi connectivity index (χ3n) is 8.09. The fourth-order valence-electron chi connectivity index (χ4n) is 6.29. The molecule has 5 rings (SSSR count). The van der Waals surface area contributed by atoms with Gasteiger partial charge in [0.2, 0.25) is 11.8 Å². The quantitative estimate of drug-likeness (QED) is 0.270. The summed E-state index contributed by atoms with van der Waals surface area (Å²) in [6.45, 7) is 5.88. The predicted molar refractivity (Wildman–Crippen MR) is 135 cm³/mol. The molecule has 5 heterocycles. The van der Waals surface area contributed by atoms with Crippen LogP contribution in [0.25, 0.3) is 0 Å². The third kappa shape index (κ3) is 4.73. The third-order valence-corrected chi connectivity index (χ3v) is 9.84. The molecule has 1 N–H and O–H groups in total. The van der Waals surface area contributed by atoms with Crippen LogP contribution in [0.15, 0.2) is 24.3 Å². The second-order valence-corrected chi connectivity index (χ2v) is 11.7. The van der Waals surface area contributed by atoms with Crippen LogP contribution in [0, 0.1) is 11.8 Å². The summed E-state index contributed by atoms with van der Waals surface area (Å²) in [7, 11) is 0. The van der Waals surface area contributed by atoms with E-state index in [0.717, 1.165) is 45.3 Å². The van der Waals surface area contributed by atoms with Gasteiger partial charge in [-0.2, -0.15) is 0 Å². The number of aliphatic hydroxyl groups excluding tert-OH is 1. The number of esters is 1. The molecule has 5 aliphatic rings. The van der Waals surface area contributed by atoms with Crippen molar-refractivity contribution in [1.29, 1.82) is 0 Å². The van der Waals surface area contributed by atoms with Gasteiger partial charge in [-0.25, -0.2) is 0 Å². The van der Waals surface area contributed by atoms with Crippen molar-refractivity contribution in [3.63, 3.8) is 0 Å². The number of likely N-dealkylation sites (tertiary alicyclic amines) is 1. The topological polar surface area (TPSA) is 99.6 Å². The van der Waals surface area contributed by atoms with E-state index in [1.54, 1.807) is 16.7 Å². The van der Waals surface area contributed by atoms with Gasteiger partial charge in [0.05, 0.1) is 29.8 Å². The van der Waals surface area contributed by atoms with Crippen molar-refractivity contribution in [3.05, 3.63) is 24.3 Å². The Labute approximate surface area is 216 Å². The first kappa shape index (κ1) is 25.8. The summed E-state index contributed by atoms with van der Waals surface area (Å²) in [4.78, 5) is 47.1. The Hall–Kier alpha value is -1.88. The molecule has 0 saturated carbocycles. The first-order valence-electron chi connectivity index (χ1n) is 13.3. The molecular weight excluding hydrogens is 482 g/mol. The predicted octanol–water partition coefficient (Wildman–Crippen LogP) is 0.680. The Balaban J connectivity index is 1.41. The van der Waals surface area contributed by atoms with E-state index in [-0.39, 0.29) is 36.2 Å². The van der Waals surface area contributed by atoms with Crippen LogP contribution in [0.1, 0.15) is 25.7 Å². The maximum atomic E-state index is 14.2. The van der Waals surface area contributed by atoms with Crippen LogP contribution in [-0.4, -0.2) is 119 Å². The standard InChI is InChI=1S/C26H37N3O6S/c30-15-4-2-1-3-10-29-22-24(32)28(12-11-27-13-17-34-18-14-27)9-6-8-26(22)21(23(29)31)20-19(36-26)7-5-16-35-25(20)33/h5-8,19-22,30H,1-4,9-18H2/t19-,20+,21+,22?,26+/m1/s1. The summed E-state index contributed by atoms with van der Waals surface area (Å²) in [6, 6.07) is -0.630. The molecule has 9 nitrogen and oxygen atoms in total. The highest BCUT2D eigenvalue weighted by Gasteiger charge is 2.70. The van der Waals surface area contributed by atoms with E-state index in [9.17, 15) is 14.4 Å². The van der Waals surface area contributed by atoms with E-state index < -0.39 is 22.6 Å². The molecule has 5 atom stereocenters. The number of carbonyl (C=O) groups is 3. The number of morpholine rings is 1. The van der Waals surface area contributed by atoms with Gasteiger partial charge in [0.1, 0.15) is 12.6 Å². The molecule has 5 aliphatic heterocycles. The maximum absolute atomic E-state index is 14.2. The molecule has 2 amide bonds. The molecule has 0 aromatic heterocycles. The zero-order chi connectivity index (χ0) is 25.1. The van der Waals surface area contributed by atoms with E-state index in [0.29, 0.717) is 32.8 Å². The average Bonchev–Trinajstić information content (AvgIpc) is 3.18. The molecule has 1 spiro atoms. The number of ether oxygens (including phenoxy) is 2. The van der Waals surface area contributed by atoms with Gasteiger partial charge >= 0.3 is 5.97 Å². The molecule has 0 aliphatic carbocycles. The molecule has 3 saturated heterocycles. The number of hydrogen-bond donors (Lipinski definition) is 1. The lowest BCUT2D eigenvalue weighted by atomic mass is 9.78. The Morgan fingerprint density at radius 2 is 1.81 bits per heavy atom. The van der Waals surface area contributed by atoms with Crippen LogP contribution in [0.5, 0.6) is 0 Å². The number of unbranched alkanes of at least 4 members (excludes halogenated alkanes) is 3. The summed E-state index contributed by atoms with van der Waals surface area (Å²) < 4.78 is 10.1. The number of rotatable bonds is 9. The minimum Gasteiger partial charge on any atom is -0.461 e. The highest BCUT2D eigenvalue weighted by Crippen LogP contribution is 2.60. The number of hydrogen-bond acceptors (Lipinski definition) is 8. The molecule has 0 aromatic rings. The number of nitrogens with zero attached hydrogens (tertiary/aromatic N) is 3. The van der Waals surface area contributed by atoms with Gasteiger partial charge < -0.3 is 24.4 Å². The van der Waals surface area contributed by atoms with Crippen LogP contribution in [-0.2, 0) is 23.9 Å². The lowest BCUT2D eigenvalue weighted by Crippen LogP contribution is -2.54. The molecule has 10 heteroatoms. The minimum absolute atomic E-state index is 0.0271. The van der Waals surface area contributed by atoms with Crippen LogP contribution in [0.2, 0.25) is 0 Å². The maximum Gasteiger partial charge on any atom is 0.311 e. The van der Waals surface area contributed by atoms with Crippen LogP contribution < -0.4 is 0 Å². The van der Waals surface area contributed by atoms with E-state index in [4.69, 9.17) is 14.6 Å². The van der Waals surface area contributed by atoms with Crippen molar-refractivity contribution < 1.29 is 29.0 Å². The number of thioether (sulfide) groups is 1. The van der Waals surface area contributed by atoms with Crippen LogP contribution in [0.4, 0.5) is 0 Å². The fourth-order valence-corrected chi connectivity index (χ4v) is 8.29. The summed E-state index contributed by atoms with van der Waals surface area (Å²) in [5.74, 6) is -1.67. The molecule has 0 radical (unpaired) electrons. The zero-order valence-electron chi connectivity index (χ0n) is 20.8. The minimum atomic E-state index is -0.775. The lowest BCUT2D eigenvalue weighted by Gasteiger charge is -2.36. The normalized spacial score (nSPS) is 34.3. The second kappa shape index (κ2) is 11.2. The molecule has 0 aromatic carbocycles.